The van der Waals surface area contributed by atoms with E-state index in [0.29, 0.717) is 25.7 Å². The summed E-state index contributed by atoms with van der Waals surface area (Å²) in [7, 11) is -3.73. The largest absolute Gasteiger partial charge is 0.462 e. The van der Waals surface area contributed by atoms with E-state index in [0.717, 1.165) is 77.0 Å². The molecule has 0 bridgehead atoms. The number of hydrogen-bond donors (Lipinski definition) is 12. The minimum absolute atomic E-state index is 0.00501. The molecule has 3 aliphatic rings. The van der Waals surface area contributed by atoms with Gasteiger partial charge in [0.2, 0.25) is 11.8 Å². The number of amides is 2. The number of aliphatic hydroxyl groups excluding tert-OH is 10. The van der Waals surface area contributed by atoms with Crippen molar-refractivity contribution in [2.24, 2.45) is 0 Å². The number of hydrogen-bond acceptors (Lipinski definition) is 25. The van der Waals surface area contributed by atoms with Crippen LogP contribution in [0.1, 0.15) is 219 Å². The second-order valence-electron chi connectivity index (χ2n) is 25.5. The first-order valence-electron chi connectivity index (χ1n) is 35.8. The Bertz CT molecular complexity index is 2150. The highest BCUT2D eigenvalue weighted by Crippen LogP contribution is 2.44. The molecule has 27 nitrogen and oxygen atoms in total. The van der Waals surface area contributed by atoms with E-state index >= 15 is 0 Å². The first-order chi connectivity index (χ1) is 46.3. The SMILES string of the molecule is CCCCCCCCC=CCCCCCCCC(=O)OC[C@@H](COP(C)(=O)OCCNC(=O)CCCCC(=O)NCCO[C@@H]1OC(CO)[C@H](O[C@@H]2OC(CO)[C@H](O[C@@H]3OC(CO)[C@H](O)[C@H](O)C3O)[C@H](O)C2O)[C@H](O)C1O)OC(=O)CCCCCCC/C=C\CCCCCCCC. The van der Waals surface area contributed by atoms with Crippen molar-refractivity contribution in [3.8, 4) is 0 Å². The van der Waals surface area contributed by atoms with Gasteiger partial charge in [0.15, 0.2) is 25.0 Å². The predicted molar refractivity (Wildman–Crippen MR) is 355 cm³/mol. The minimum atomic E-state index is -3.73. The molecular weight excluding hydrogens is 1280 g/mol. The van der Waals surface area contributed by atoms with Crippen molar-refractivity contribution in [1.82, 2.24) is 10.6 Å². The summed E-state index contributed by atoms with van der Waals surface area (Å²) in [6, 6.07) is 0. The van der Waals surface area contributed by atoms with Crippen molar-refractivity contribution >= 4 is 31.3 Å². The highest BCUT2D eigenvalue weighted by atomic mass is 31.2. The molecule has 3 rings (SSSR count). The minimum Gasteiger partial charge on any atom is -0.462 e. The van der Waals surface area contributed by atoms with Crippen LogP contribution in [-0.2, 0) is 70.7 Å². The molecule has 17 atom stereocenters. The van der Waals surface area contributed by atoms with Gasteiger partial charge in [0.05, 0.1) is 39.6 Å². The second-order valence-corrected chi connectivity index (χ2v) is 27.5. The third kappa shape index (κ3) is 36.5. The lowest BCUT2D eigenvalue weighted by molar-refractivity contribution is -0.379. The molecule has 3 heterocycles. The van der Waals surface area contributed by atoms with Gasteiger partial charge in [-0.05, 0) is 77.0 Å². The Morgan fingerprint density at radius 3 is 1.29 bits per heavy atom. The number of esters is 2. The lowest BCUT2D eigenvalue weighted by atomic mass is 9.96. The fourth-order valence-corrected chi connectivity index (χ4v) is 12.2. The van der Waals surface area contributed by atoms with Crippen molar-refractivity contribution < 1.29 is 122 Å². The Kier molecular flexibility index (Phi) is 47.9. The zero-order valence-corrected chi connectivity index (χ0v) is 58.5. The molecule has 96 heavy (non-hydrogen) atoms. The Labute approximate surface area is 569 Å². The molecule has 0 spiro atoms. The summed E-state index contributed by atoms with van der Waals surface area (Å²) in [6.07, 6.45) is 12.9. The van der Waals surface area contributed by atoms with E-state index in [1.54, 1.807) is 0 Å². The van der Waals surface area contributed by atoms with Gasteiger partial charge >= 0.3 is 19.5 Å². The quantitative estimate of drug-likeness (QED) is 0.0152. The van der Waals surface area contributed by atoms with Crippen LogP contribution in [0.5, 0.6) is 0 Å². The number of carbonyl (C=O) groups is 4. The molecule has 3 fully saturated rings. The van der Waals surface area contributed by atoms with Crippen LogP contribution >= 0.6 is 7.60 Å². The summed E-state index contributed by atoms with van der Waals surface area (Å²) in [6.45, 7) is 2.16. The van der Waals surface area contributed by atoms with Gasteiger partial charge in [-0.1, -0.05) is 141 Å². The molecule has 3 aliphatic heterocycles. The van der Waals surface area contributed by atoms with Crippen LogP contribution in [0, 0.1) is 0 Å². The van der Waals surface area contributed by atoms with Gasteiger partial charge in [0, 0.05) is 45.4 Å². The van der Waals surface area contributed by atoms with E-state index in [4.69, 9.17) is 46.9 Å². The molecule has 12 N–H and O–H groups in total. The molecule has 28 heteroatoms. The normalized spacial score (nSPS) is 27.2. The lowest BCUT2D eigenvalue weighted by Gasteiger charge is -2.48. The average molecular weight is 1400 g/mol. The van der Waals surface area contributed by atoms with Crippen molar-refractivity contribution in [1.29, 1.82) is 0 Å². The van der Waals surface area contributed by atoms with E-state index in [1.165, 1.54) is 83.7 Å². The number of nitrogens with one attached hydrogen (secondary N) is 2. The van der Waals surface area contributed by atoms with E-state index in [-0.39, 0.29) is 77.0 Å². The Morgan fingerprint density at radius 1 is 0.438 bits per heavy atom. The number of ether oxygens (including phenoxy) is 8. The molecule has 0 radical (unpaired) electrons. The van der Waals surface area contributed by atoms with Crippen molar-refractivity contribution in [3.05, 3.63) is 24.3 Å². The standard InChI is InChI=1S/C68H123N2O25P/c1-4-6-8-10-12-14-16-18-20-22-24-26-28-30-32-38-55(76)87-47-49(90-56(77)39-33-31-29-27-25-23-21-19-17-15-13-11-9-7-5-2)48-89-96(3,85)88-43-41-70-54(75)37-35-34-36-53(74)69-40-42-86-66-62(83)59(80)64(51(45-72)92-66)95-68-63(84)60(81)65(52(46-73)93-68)94-67-61(82)58(79)57(78)50(44-71)91-67/h18-21,49-52,57-68,71-73,78-84H,4-17,22-48H2,1-3H3,(H,69,74)(H,70,75)/b20-18?,21-19-/t49-,50?,51?,52?,57-,58-,59+,60+,61?,62?,63?,64-,65-,66+,67-,68-,96?/m0/s1. The van der Waals surface area contributed by atoms with Gasteiger partial charge in [-0.2, -0.15) is 0 Å². The van der Waals surface area contributed by atoms with Crippen molar-refractivity contribution in [3.63, 3.8) is 0 Å². The van der Waals surface area contributed by atoms with Gasteiger partial charge in [-0.15, -0.1) is 0 Å². The zero-order chi connectivity index (χ0) is 70.4. The lowest BCUT2D eigenvalue weighted by Crippen LogP contribution is -2.66. The summed E-state index contributed by atoms with van der Waals surface area (Å²) >= 11 is 0. The van der Waals surface area contributed by atoms with Crippen LogP contribution in [0.25, 0.3) is 0 Å². The number of rotatable bonds is 56. The molecule has 0 aromatic rings. The van der Waals surface area contributed by atoms with Crippen LogP contribution < -0.4 is 10.6 Å². The Morgan fingerprint density at radius 2 is 0.823 bits per heavy atom. The third-order valence-corrected chi connectivity index (χ3v) is 18.4. The van der Waals surface area contributed by atoms with E-state index < -0.39 is 138 Å². The smallest absolute Gasteiger partial charge is 0.327 e. The third-order valence-electron chi connectivity index (χ3n) is 17.1. The van der Waals surface area contributed by atoms with Gasteiger partial charge in [0.1, 0.15) is 79.9 Å². The average Bonchev–Trinajstić information content (AvgIpc) is 0.789. The molecule has 0 aromatic heterocycles. The van der Waals surface area contributed by atoms with Gasteiger partial charge < -0.3 is 109 Å². The summed E-state index contributed by atoms with van der Waals surface area (Å²) in [5.41, 5.74) is 0. The van der Waals surface area contributed by atoms with Gasteiger partial charge in [-0.3, -0.25) is 23.7 Å². The maximum absolute atomic E-state index is 13.3. The highest BCUT2D eigenvalue weighted by Gasteiger charge is 2.53. The maximum atomic E-state index is 13.3. The fraction of sp³-hybridized carbons (Fsp3) is 0.882. The van der Waals surface area contributed by atoms with Crippen LogP contribution in [0.2, 0.25) is 0 Å². The number of unbranched alkanes of at least 4 members (excludes halogenated alkanes) is 23. The first kappa shape index (κ1) is 87.1. The summed E-state index contributed by atoms with van der Waals surface area (Å²) in [5.74, 6) is -1.62. The molecule has 2 amide bonds. The van der Waals surface area contributed by atoms with Crippen LogP contribution in [0.15, 0.2) is 24.3 Å². The predicted octanol–water partition coefficient (Wildman–Crippen LogP) is 5.63. The number of carbonyl (C=O) groups excluding carboxylic acids is 4. The van der Waals surface area contributed by atoms with Crippen molar-refractivity contribution in [2.45, 2.75) is 318 Å². The highest BCUT2D eigenvalue weighted by molar-refractivity contribution is 7.52. The summed E-state index contributed by atoms with van der Waals surface area (Å²) in [5, 5.41) is 110. The monoisotopic (exact) mass is 1400 g/mol. The van der Waals surface area contributed by atoms with Gasteiger partial charge in [0.25, 0.3) is 0 Å². The number of allylic oxidation sites excluding steroid dienone is 4. The second kappa shape index (κ2) is 52.8. The van der Waals surface area contributed by atoms with Gasteiger partial charge in [-0.25, -0.2) is 0 Å². The first-order valence-corrected chi connectivity index (χ1v) is 37.8. The Balaban J connectivity index is 1.33. The van der Waals surface area contributed by atoms with Crippen LogP contribution in [0.4, 0.5) is 0 Å². The van der Waals surface area contributed by atoms with E-state index in [9.17, 15) is 74.8 Å². The maximum Gasteiger partial charge on any atom is 0.327 e. The molecular formula is C68H123N2O25P. The number of aliphatic hydroxyl groups is 10. The molecule has 7 unspecified atom stereocenters. The Hall–Kier alpha value is -3.13. The fourth-order valence-electron chi connectivity index (χ4n) is 11.3. The zero-order valence-electron chi connectivity index (χ0n) is 57.6. The van der Waals surface area contributed by atoms with Crippen LogP contribution in [-0.4, -0.2) is 239 Å². The molecule has 0 aromatic carbocycles. The summed E-state index contributed by atoms with van der Waals surface area (Å²) in [4.78, 5) is 51.0. The summed E-state index contributed by atoms with van der Waals surface area (Å²) < 4.78 is 69.0. The van der Waals surface area contributed by atoms with E-state index in [1.807, 2.05) is 0 Å². The van der Waals surface area contributed by atoms with Crippen molar-refractivity contribution in [2.75, 3.05) is 66.0 Å². The van der Waals surface area contributed by atoms with Crippen LogP contribution in [0.3, 0.4) is 0 Å². The molecule has 560 valence electrons. The molecule has 3 saturated heterocycles. The molecule has 0 saturated carbocycles. The topological polar surface area (TPSA) is 404 Å². The molecule has 0 aliphatic carbocycles. The van der Waals surface area contributed by atoms with E-state index in [2.05, 4.69) is 48.8 Å².